The van der Waals surface area contributed by atoms with Crippen molar-refractivity contribution in [2.45, 2.75) is 31.0 Å². The summed E-state index contributed by atoms with van der Waals surface area (Å²) >= 11 is 0. The number of carbonyl (C=O) groups is 2. The Morgan fingerprint density at radius 1 is 1.26 bits per heavy atom. The van der Waals surface area contributed by atoms with Gasteiger partial charge in [-0.2, -0.15) is 0 Å². The van der Waals surface area contributed by atoms with Crippen LogP contribution in [0, 0.1) is 0 Å². The molecular weight excluding hydrogens is 300 g/mol. The summed E-state index contributed by atoms with van der Waals surface area (Å²) in [5, 5.41) is 0. The lowest BCUT2D eigenvalue weighted by Gasteiger charge is -2.61. The van der Waals surface area contributed by atoms with Crippen LogP contribution in [0.3, 0.4) is 0 Å². The van der Waals surface area contributed by atoms with Gasteiger partial charge in [0.2, 0.25) is 5.60 Å². The van der Waals surface area contributed by atoms with Gasteiger partial charge in [-0.15, -0.1) is 0 Å². The highest BCUT2D eigenvalue weighted by Gasteiger charge is 2.85. The number of hydrogen-bond donors (Lipinski definition) is 0. The minimum Gasteiger partial charge on any atom is -0.424 e. The number of benzene rings is 1. The Balaban J connectivity index is 2.01. The van der Waals surface area contributed by atoms with Crippen LogP contribution in [-0.4, -0.2) is 48.3 Å². The van der Waals surface area contributed by atoms with Crippen molar-refractivity contribution in [3.8, 4) is 0 Å². The minimum absolute atomic E-state index is 0.363. The highest BCUT2D eigenvalue weighted by Crippen LogP contribution is 2.64. The van der Waals surface area contributed by atoms with Crippen LogP contribution in [0.2, 0.25) is 0 Å². The van der Waals surface area contributed by atoms with Gasteiger partial charge >= 0.3 is 5.97 Å². The number of hydrogen-bond acceptors (Lipinski definition) is 6. The van der Waals surface area contributed by atoms with Crippen LogP contribution >= 0.6 is 0 Å². The number of likely N-dealkylation sites (N-methyl/N-ethyl adjacent to an activating group) is 1. The predicted molar refractivity (Wildman–Crippen MR) is 78.6 cm³/mol. The van der Waals surface area contributed by atoms with Crippen LogP contribution in [-0.2, 0) is 24.6 Å². The van der Waals surface area contributed by atoms with E-state index in [9.17, 15) is 9.59 Å². The molecule has 0 N–H and O–H groups in total. The van der Waals surface area contributed by atoms with E-state index in [0.717, 1.165) is 4.90 Å². The van der Waals surface area contributed by atoms with E-state index in [1.165, 1.54) is 14.2 Å². The highest BCUT2D eigenvalue weighted by molar-refractivity contribution is 6.13. The number of nitrogens with zero attached hydrogens (tertiary/aromatic N) is 2. The molecule has 3 aliphatic heterocycles. The number of ether oxygens (including phenoxy) is 3. The Morgan fingerprint density at radius 3 is 2.65 bits per heavy atom. The normalized spacial score (nSPS) is 37.9. The average molecular weight is 316 g/mol. The van der Waals surface area contributed by atoms with Crippen LogP contribution in [0.5, 0.6) is 0 Å². The lowest BCUT2D eigenvalue weighted by Crippen LogP contribution is -2.82. The fourth-order valence-electron chi connectivity index (χ4n) is 3.82. The molecule has 3 heterocycles. The smallest absolute Gasteiger partial charge is 0.359 e. The molecule has 0 aromatic heterocycles. The van der Waals surface area contributed by atoms with Gasteiger partial charge in [0.05, 0.1) is 0 Å². The van der Waals surface area contributed by atoms with Gasteiger partial charge < -0.3 is 9.47 Å². The van der Waals surface area contributed by atoms with E-state index < -0.39 is 23.0 Å². The van der Waals surface area contributed by atoms with Crippen molar-refractivity contribution in [2.24, 2.45) is 4.99 Å². The van der Waals surface area contributed by atoms with Gasteiger partial charge in [-0.3, -0.25) is 19.2 Å². The van der Waals surface area contributed by atoms with Gasteiger partial charge in [-0.1, -0.05) is 18.2 Å². The third-order valence-electron chi connectivity index (χ3n) is 4.95. The Labute approximate surface area is 132 Å². The maximum absolute atomic E-state index is 13.0. The molecule has 0 saturated carbocycles. The molecule has 7 nitrogen and oxygen atoms in total. The quantitative estimate of drug-likeness (QED) is 0.723. The molecule has 0 radical (unpaired) electrons. The van der Waals surface area contributed by atoms with Crippen LogP contribution in [0.25, 0.3) is 0 Å². The highest BCUT2D eigenvalue weighted by atomic mass is 16.9. The zero-order valence-electron chi connectivity index (χ0n) is 13.2. The summed E-state index contributed by atoms with van der Waals surface area (Å²) in [5.74, 6) is -1.92. The first-order valence-electron chi connectivity index (χ1n) is 7.26. The second-order valence-electron chi connectivity index (χ2n) is 6.06. The van der Waals surface area contributed by atoms with Crippen LogP contribution in [0.1, 0.15) is 29.8 Å². The Hall–Kier alpha value is -2.25. The predicted octanol–water partition coefficient (Wildman–Crippen LogP) is 1.03. The lowest BCUT2D eigenvalue weighted by atomic mass is 9.65. The summed E-state index contributed by atoms with van der Waals surface area (Å²) < 4.78 is 17.0. The second-order valence-corrected chi connectivity index (χ2v) is 6.06. The Morgan fingerprint density at radius 2 is 1.96 bits per heavy atom. The Kier molecular flexibility index (Phi) is 2.49. The van der Waals surface area contributed by atoms with E-state index in [0.29, 0.717) is 17.0 Å². The minimum atomic E-state index is -1.46. The molecule has 1 saturated heterocycles. The van der Waals surface area contributed by atoms with E-state index in [1.807, 2.05) is 0 Å². The van der Waals surface area contributed by atoms with Crippen LogP contribution < -0.4 is 0 Å². The summed E-state index contributed by atoms with van der Waals surface area (Å²) in [6.45, 7) is 3.42. The zero-order chi connectivity index (χ0) is 16.6. The first-order valence-corrected chi connectivity index (χ1v) is 7.26. The lowest BCUT2D eigenvalue weighted by molar-refractivity contribution is -0.485. The largest absolute Gasteiger partial charge is 0.424 e. The molecular formula is C16H16N2O5. The maximum atomic E-state index is 13.0. The molecule has 120 valence electrons. The van der Waals surface area contributed by atoms with Crippen LogP contribution in [0.15, 0.2) is 29.3 Å². The first-order chi connectivity index (χ1) is 10.8. The van der Waals surface area contributed by atoms with Crippen molar-refractivity contribution in [3.63, 3.8) is 0 Å². The molecule has 4 rings (SSSR count). The van der Waals surface area contributed by atoms with Gasteiger partial charge in [-0.05, 0) is 13.0 Å². The summed E-state index contributed by atoms with van der Waals surface area (Å²) in [6, 6.07) is 6.90. The molecule has 1 spiro atoms. The summed E-state index contributed by atoms with van der Waals surface area (Å²) in [6.07, 6.45) is 0. The molecule has 2 amide bonds. The summed E-state index contributed by atoms with van der Waals surface area (Å²) in [7, 11) is 2.88. The molecule has 0 bridgehead atoms. The van der Waals surface area contributed by atoms with E-state index in [4.69, 9.17) is 14.2 Å². The van der Waals surface area contributed by atoms with Crippen molar-refractivity contribution in [2.75, 3.05) is 14.2 Å². The molecule has 0 aliphatic carbocycles. The van der Waals surface area contributed by atoms with Gasteiger partial charge in [0.15, 0.2) is 11.4 Å². The summed E-state index contributed by atoms with van der Waals surface area (Å²) in [4.78, 5) is 31.0. The van der Waals surface area contributed by atoms with E-state index in [2.05, 4.69) is 4.99 Å². The van der Waals surface area contributed by atoms with Crippen molar-refractivity contribution in [3.05, 3.63) is 35.4 Å². The van der Waals surface area contributed by atoms with Gasteiger partial charge in [0.1, 0.15) is 0 Å². The number of aliphatic imine (C=N–C) groups is 1. The zero-order valence-corrected chi connectivity index (χ0v) is 13.2. The molecule has 3 unspecified atom stereocenters. The third-order valence-corrected chi connectivity index (χ3v) is 4.95. The number of rotatable bonds is 1. The first kappa shape index (κ1) is 14.3. The SMILES string of the molecule is COC12OC(C)=NC1(C)C1(O2)C(=O)N(C)C(=O)c2ccccc21. The number of imide groups is 1. The monoisotopic (exact) mass is 316 g/mol. The number of amides is 2. The molecule has 1 fully saturated rings. The van der Waals surface area contributed by atoms with Crippen molar-refractivity contribution in [1.82, 2.24) is 4.90 Å². The fourth-order valence-corrected chi connectivity index (χ4v) is 3.82. The van der Waals surface area contributed by atoms with Gasteiger partial charge in [0.25, 0.3) is 11.8 Å². The summed E-state index contributed by atoms with van der Waals surface area (Å²) in [5.41, 5.74) is -1.66. The van der Waals surface area contributed by atoms with Gasteiger partial charge in [-0.25, -0.2) is 4.99 Å². The van der Waals surface area contributed by atoms with Crippen molar-refractivity contribution < 1.29 is 23.8 Å². The molecule has 23 heavy (non-hydrogen) atoms. The third kappa shape index (κ3) is 1.28. The van der Waals surface area contributed by atoms with E-state index in [1.54, 1.807) is 38.1 Å². The standard InChI is InChI=1S/C16H16N2O5/c1-9-17-14(2)15(23-16(14,21-4)22-9)11-8-6-5-7-10(11)12(19)18(3)13(15)20/h5-8H,1-4H3. The number of methoxy groups -OCH3 is 1. The fraction of sp³-hybridized carbons (Fsp3) is 0.438. The molecule has 1 aromatic rings. The molecule has 3 aliphatic rings. The molecule has 3 atom stereocenters. The maximum Gasteiger partial charge on any atom is 0.359 e. The van der Waals surface area contributed by atoms with E-state index in [-0.39, 0.29) is 5.91 Å². The van der Waals surface area contributed by atoms with Crippen molar-refractivity contribution >= 4 is 17.7 Å². The average Bonchev–Trinajstić information content (AvgIpc) is 2.74. The van der Waals surface area contributed by atoms with Crippen molar-refractivity contribution in [1.29, 1.82) is 0 Å². The van der Waals surface area contributed by atoms with Gasteiger partial charge in [0, 0.05) is 32.2 Å². The number of fused-ring (bicyclic) bond motifs is 4. The van der Waals surface area contributed by atoms with Crippen LogP contribution in [0.4, 0.5) is 0 Å². The molecule has 1 aromatic carbocycles. The topological polar surface area (TPSA) is 77.4 Å². The van der Waals surface area contributed by atoms with E-state index >= 15 is 0 Å². The molecule has 7 heteroatoms. The number of carbonyl (C=O) groups excluding carboxylic acids is 2. The Bertz CT molecular complexity index is 790. The second kappa shape index (κ2) is 3.98.